The average molecular weight is 305 g/mol. The summed E-state index contributed by atoms with van der Waals surface area (Å²) in [5, 5.41) is 0. The number of anilines is 2. The molecule has 0 aromatic heterocycles. The molecule has 0 fully saturated rings. The van der Waals surface area contributed by atoms with E-state index in [0.717, 1.165) is 0 Å². The topological polar surface area (TPSA) is 92.9 Å². The van der Waals surface area contributed by atoms with Crippen molar-refractivity contribution in [2.45, 2.75) is 19.4 Å². The molecule has 118 valence electrons. The fourth-order valence-corrected chi connectivity index (χ4v) is 2.40. The van der Waals surface area contributed by atoms with Gasteiger partial charge in [0.15, 0.2) is 0 Å². The summed E-state index contributed by atoms with van der Waals surface area (Å²) in [6.45, 7) is 1.59. The second-order valence-electron chi connectivity index (χ2n) is 4.95. The van der Waals surface area contributed by atoms with Crippen molar-refractivity contribution >= 4 is 29.2 Å². The van der Waals surface area contributed by atoms with Gasteiger partial charge in [-0.15, -0.1) is 0 Å². The Morgan fingerprint density at radius 2 is 1.95 bits per heavy atom. The van der Waals surface area contributed by atoms with Crippen molar-refractivity contribution in [3.8, 4) is 0 Å². The smallest absolute Gasteiger partial charge is 0.325 e. The Morgan fingerprint density at radius 3 is 2.55 bits per heavy atom. The maximum atomic E-state index is 12.5. The molecule has 1 unspecified atom stereocenters. The summed E-state index contributed by atoms with van der Waals surface area (Å²) in [5.41, 5.74) is 6.96. The molecular weight excluding hydrogens is 286 g/mol. The Labute approximate surface area is 128 Å². The van der Waals surface area contributed by atoms with E-state index in [1.165, 1.54) is 16.9 Å². The van der Waals surface area contributed by atoms with Gasteiger partial charge in [0, 0.05) is 6.42 Å². The molecule has 1 aromatic rings. The van der Waals surface area contributed by atoms with Crippen LogP contribution in [-0.2, 0) is 19.1 Å². The van der Waals surface area contributed by atoms with E-state index in [0.29, 0.717) is 17.8 Å². The van der Waals surface area contributed by atoms with E-state index in [2.05, 4.69) is 4.74 Å². The van der Waals surface area contributed by atoms with Crippen LogP contribution in [0.4, 0.5) is 11.4 Å². The number of nitrogens with zero attached hydrogens (tertiary/aromatic N) is 2. The number of carbonyl (C=O) groups excluding carboxylic acids is 3. The molecule has 2 N–H and O–H groups in total. The predicted octanol–water partition coefficient (Wildman–Crippen LogP) is 0.277. The number of ether oxygens (including phenoxy) is 1. The van der Waals surface area contributed by atoms with E-state index in [-0.39, 0.29) is 19.0 Å². The number of amides is 2. The largest absolute Gasteiger partial charge is 0.468 e. The lowest BCUT2D eigenvalue weighted by molar-refractivity contribution is -0.140. The van der Waals surface area contributed by atoms with Gasteiger partial charge in [-0.3, -0.25) is 19.3 Å². The number of hydrogen-bond acceptors (Lipinski definition) is 5. The van der Waals surface area contributed by atoms with E-state index in [4.69, 9.17) is 5.73 Å². The van der Waals surface area contributed by atoms with E-state index in [1.54, 1.807) is 31.2 Å². The van der Waals surface area contributed by atoms with Gasteiger partial charge in [-0.2, -0.15) is 0 Å². The van der Waals surface area contributed by atoms with Crippen LogP contribution < -0.4 is 15.5 Å². The molecule has 1 atom stereocenters. The van der Waals surface area contributed by atoms with Gasteiger partial charge in [0.2, 0.25) is 11.8 Å². The summed E-state index contributed by atoms with van der Waals surface area (Å²) >= 11 is 0. The Hall–Kier alpha value is -2.41. The van der Waals surface area contributed by atoms with Gasteiger partial charge in [0.1, 0.15) is 12.6 Å². The third kappa shape index (κ3) is 2.94. The van der Waals surface area contributed by atoms with Crippen molar-refractivity contribution < 1.29 is 19.1 Å². The fraction of sp³-hybridized carbons (Fsp3) is 0.400. The van der Waals surface area contributed by atoms with Crippen LogP contribution in [0.1, 0.15) is 13.3 Å². The summed E-state index contributed by atoms with van der Waals surface area (Å²) in [7, 11) is 1.25. The molecule has 1 aliphatic heterocycles. The minimum atomic E-state index is -0.896. The first kappa shape index (κ1) is 16.0. The zero-order valence-corrected chi connectivity index (χ0v) is 12.6. The molecule has 0 spiro atoms. The fourth-order valence-electron chi connectivity index (χ4n) is 2.40. The van der Waals surface area contributed by atoms with Crippen LogP contribution in [0.3, 0.4) is 0 Å². The molecule has 7 heteroatoms. The third-order valence-corrected chi connectivity index (χ3v) is 3.54. The van der Waals surface area contributed by atoms with Crippen LogP contribution in [-0.4, -0.2) is 44.0 Å². The first-order valence-electron chi connectivity index (χ1n) is 7.02. The lowest BCUT2D eigenvalue weighted by atomic mass is 10.2. The lowest BCUT2D eigenvalue weighted by Crippen LogP contribution is -2.49. The number of fused-ring (bicyclic) bond motifs is 1. The number of carbonyl (C=O) groups is 3. The minimum absolute atomic E-state index is 0.0835. The van der Waals surface area contributed by atoms with Crippen molar-refractivity contribution in [1.82, 2.24) is 0 Å². The zero-order chi connectivity index (χ0) is 16.3. The molecule has 22 heavy (non-hydrogen) atoms. The lowest BCUT2D eigenvalue weighted by Gasteiger charge is -2.24. The van der Waals surface area contributed by atoms with Crippen molar-refractivity contribution in [3.63, 3.8) is 0 Å². The Kier molecular flexibility index (Phi) is 4.77. The maximum Gasteiger partial charge on any atom is 0.325 e. The van der Waals surface area contributed by atoms with E-state index < -0.39 is 17.9 Å². The monoisotopic (exact) mass is 305 g/mol. The number of esters is 1. The summed E-state index contributed by atoms with van der Waals surface area (Å²) in [6, 6.07) is 6.03. The molecule has 0 radical (unpaired) electrons. The zero-order valence-electron chi connectivity index (χ0n) is 12.6. The van der Waals surface area contributed by atoms with E-state index in [1.807, 2.05) is 0 Å². The number of benzene rings is 1. The van der Waals surface area contributed by atoms with E-state index in [9.17, 15) is 14.4 Å². The van der Waals surface area contributed by atoms with Crippen LogP contribution in [0.5, 0.6) is 0 Å². The van der Waals surface area contributed by atoms with Crippen LogP contribution in [0, 0.1) is 0 Å². The van der Waals surface area contributed by atoms with Crippen LogP contribution in [0.15, 0.2) is 24.3 Å². The van der Waals surface area contributed by atoms with Crippen molar-refractivity contribution in [3.05, 3.63) is 24.3 Å². The molecule has 1 heterocycles. The Balaban J connectivity index is 2.51. The second-order valence-corrected chi connectivity index (χ2v) is 4.95. The van der Waals surface area contributed by atoms with Gasteiger partial charge in [-0.05, 0) is 12.1 Å². The number of para-hydroxylation sites is 2. The SMILES string of the molecule is CCC(=O)N1CC(N)C(=O)N(CC(=O)OC)c2ccccc21. The quantitative estimate of drug-likeness (QED) is 0.810. The number of hydrogen-bond donors (Lipinski definition) is 1. The van der Waals surface area contributed by atoms with Crippen LogP contribution in [0.25, 0.3) is 0 Å². The highest BCUT2D eigenvalue weighted by atomic mass is 16.5. The average Bonchev–Trinajstić information content (AvgIpc) is 2.64. The molecule has 0 saturated carbocycles. The van der Waals surface area contributed by atoms with Crippen LogP contribution >= 0.6 is 0 Å². The van der Waals surface area contributed by atoms with Crippen molar-refractivity contribution in [1.29, 1.82) is 0 Å². The summed E-state index contributed by atoms with van der Waals surface area (Å²) in [4.78, 5) is 39.0. The van der Waals surface area contributed by atoms with Gasteiger partial charge in [0.25, 0.3) is 0 Å². The number of rotatable bonds is 3. The molecule has 0 bridgehead atoms. The molecule has 1 aliphatic rings. The summed E-state index contributed by atoms with van der Waals surface area (Å²) in [6.07, 6.45) is 0.298. The molecule has 1 aromatic carbocycles. The van der Waals surface area contributed by atoms with Gasteiger partial charge >= 0.3 is 5.97 Å². The van der Waals surface area contributed by atoms with Crippen molar-refractivity contribution in [2.24, 2.45) is 5.73 Å². The molecule has 2 rings (SSSR count). The highest BCUT2D eigenvalue weighted by Gasteiger charge is 2.34. The second kappa shape index (κ2) is 6.57. The minimum Gasteiger partial charge on any atom is -0.468 e. The van der Waals surface area contributed by atoms with Crippen molar-refractivity contribution in [2.75, 3.05) is 30.0 Å². The maximum absolute atomic E-state index is 12.5. The summed E-state index contributed by atoms with van der Waals surface area (Å²) in [5.74, 6) is -1.09. The number of nitrogens with two attached hydrogens (primary N) is 1. The molecule has 0 aliphatic carbocycles. The predicted molar refractivity (Wildman–Crippen MR) is 81.4 cm³/mol. The number of methoxy groups -OCH3 is 1. The Bertz CT molecular complexity index is 602. The Morgan fingerprint density at radius 1 is 1.32 bits per heavy atom. The highest BCUT2D eigenvalue weighted by Crippen LogP contribution is 2.32. The molecule has 7 nitrogen and oxygen atoms in total. The summed E-state index contributed by atoms with van der Waals surface area (Å²) < 4.78 is 4.63. The molecule has 2 amide bonds. The van der Waals surface area contributed by atoms with Gasteiger partial charge in [-0.1, -0.05) is 19.1 Å². The van der Waals surface area contributed by atoms with Gasteiger partial charge in [-0.25, -0.2) is 0 Å². The first-order chi connectivity index (χ1) is 10.5. The first-order valence-corrected chi connectivity index (χ1v) is 7.02. The van der Waals surface area contributed by atoms with Gasteiger partial charge < -0.3 is 15.4 Å². The molecular formula is C15H19N3O4. The molecule has 0 saturated heterocycles. The third-order valence-electron chi connectivity index (χ3n) is 3.54. The normalized spacial score (nSPS) is 17.8. The van der Waals surface area contributed by atoms with Crippen LogP contribution in [0.2, 0.25) is 0 Å². The van der Waals surface area contributed by atoms with Gasteiger partial charge in [0.05, 0.1) is 25.0 Å². The highest BCUT2D eigenvalue weighted by molar-refractivity contribution is 6.08. The van der Waals surface area contributed by atoms with E-state index >= 15 is 0 Å². The standard InChI is InChI=1S/C15H19N3O4/c1-3-13(19)17-8-10(16)15(21)18(9-14(20)22-2)12-7-5-4-6-11(12)17/h4-7,10H,3,8-9,16H2,1-2H3.